The van der Waals surface area contributed by atoms with E-state index >= 15 is 0 Å². The summed E-state index contributed by atoms with van der Waals surface area (Å²) in [7, 11) is 2.07. The van der Waals surface area contributed by atoms with E-state index in [0.29, 0.717) is 6.54 Å². The highest BCUT2D eigenvalue weighted by molar-refractivity contribution is 9.10. The van der Waals surface area contributed by atoms with E-state index in [1.54, 1.807) is 0 Å². The Bertz CT molecular complexity index is 717. The third-order valence-corrected chi connectivity index (χ3v) is 4.82. The monoisotopic (exact) mass is 387 g/mol. The highest BCUT2D eigenvalue weighted by Gasteiger charge is 2.34. The number of para-hydroxylation sites is 2. The van der Waals surface area contributed by atoms with E-state index in [-0.39, 0.29) is 12.1 Å². The maximum atomic E-state index is 12.7. The Labute approximate surface area is 151 Å². The zero-order chi connectivity index (χ0) is 17.1. The largest absolute Gasteiger partial charge is 0.340 e. The van der Waals surface area contributed by atoms with Crippen LogP contribution in [-0.4, -0.2) is 32.2 Å². The number of hydrogen-bond acceptors (Lipinski definition) is 4. The van der Waals surface area contributed by atoms with Gasteiger partial charge in [-0.05, 0) is 37.2 Å². The van der Waals surface area contributed by atoms with Gasteiger partial charge < -0.3 is 9.80 Å². The number of ketones is 1. The second-order valence-corrected chi connectivity index (χ2v) is 6.90. The van der Waals surface area contributed by atoms with Gasteiger partial charge in [-0.25, -0.2) is 0 Å². The van der Waals surface area contributed by atoms with E-state index in [1.165, 1.54) is 0 Å². The van der Waals surface area contributed by atoms with E-state index in [1.807, 2.05) is 36.4 Å². The molecule has 3 rings (SSSR count). The van der Waals surface area contributed by atoms with E-state index < -0.39 is 0 Å². The van der Waals surface area contributed by atoms with Crippen molar-refractivity contribution in [2.45, 2.75) is 19.6 Å². The van der Waals surface area contributed by atoms with Gasteiger partial charge in [0.2, 0.25) is 0 Å². The van der Waals surface area contributed by atoms with Gasteiger partial charge in [0.05, 0.1) is 17.9 Å². The molecule has 1 aliphatic heterocycles. The summed E-state index contributed by atoms with van der Waals surface area (Å²) in [4.78, 5) is 17.1. The van der Waals surface area contributed by atoms with Crippen LogP contribution < -0.4 is 15.1 Å². The van der Waals surface area contributed by atoms with Crippen molar-refractivity contribution in [3.8, 4) is 0 Å². The van der Waals surface area contributed by atoms with Crippen LogP contribution in [0.5, 0.6) is 0 Å². The van der Waals surface area contributed by atoms with Crippen molar-refractivity contribution in [2.75, 3.05) is 29.9 Å². The van der Waals surface area contributed by atoms with Crippen LogP contribution in [0.1, 0.15) is 23.7 Å². The summed E-state index contributed by atoms with van der Waals surface area (Å²) in [6, 6.07) is 15.8. The molecule has 24 heavy (non-hydrogen) atoms. The SMILES string of the molecule is CCCNC1N(C)c2ccccc2N1CC(=O)c1ccc(Br)cc1. The molecule has 1 heterocycles. The predicted octanol–water partition coefficient (Wildman–Crippen LogP) is 3.87. The fourth-order valence-corrected chi connectivity index (χ4v) is 3.32. The molecule has 0 bridgehead atoms. The Hall–Kier alpha value is -1.85. The van der Waals surface area contributed by atoms with Crippen molar-refractivity contribution in [3.63, 3.8) is 0 Å². The number of rotatable bonds is 6. The third-order valence-electron chi connectivity index (χ3n) is 4.29. The molecule has 0 aromatic heterocycles. The lowest BCUT2D eigenvalue weighted by Gasteiger charge is -2.31. The summed E-state index contributed by atoms with van der Waals surface area (Å²) in [6.45, 7) is 3.41. The number of carbonyl (C=O) groups is 1. The quantitative estimate of drug-likeness (QED) is 0.763. The van der Waals surface area contributed by atoms with E-state index in [4.69, 9.17) is 0 Å². The third kappa shape index (κ3) is 3.32. The summed E-state index contributed by atoms with van der Waals surface area (Å²) in [5.74, 6) is 0.121. The molecule has 1 N–H and O–H groups in total. The first-order valence-electron chi connectivity index (χ1n) is 8.22. The number of fused-ring (bicyclic) bond motifs is 1. The van der Waals surface area contributed by atoms with Crippen LogP contribution in [0.15, 0.2) is 53.0 Å². The second-order valence-electron chi connectivity index (χ2n) is 5.99. The summed E-state index contributed by atoms with van der Waals surface area (Å²) >= 11 is 3.41. The maximum absolute atomic E-state index is 12.7. The molecule has 126 valence electrons. The minimum absolute atomic E-state index is 0.00162. The van der Waals surface area contributed by atoms with Crippen LogP contribution in [0.25, 0.3) is 0 Å². The van der Waals surface area contributed by atoms with Gasteiger partial charge in [0.25, 0.3) is 0 Å². The van der Waals surface area contributed by atoms with E-state index in [2.05, 4.69) is 57.2 Å². The smallest absolute Gasteiger partial charge is 0.182 e. The molecule has 0 fully saturated rings. The van der Waals surface area contributed by atoms with Crippen LogP contribution in [-0.2, 0) is 0 Å². The molecule has 0 radical (unpaired) electrons. The maximum Gasteiger partial charge on any atom is 0.182 e. The minimum Gasteiger partial charge on any atom is -0.340 e. The van der Waals surface area contributed by atoms with Gasteiger partial charge in [-0.15, -0.1) is 0 Å². The number of carbonyl (C=O) groups excluding carboxylic acids is 1. The molecular weight excluding hydrogens is 366 g/mol. The first-order valence-corrected chi connectivity index (χ1v) is 9.01. The predicted molar refractivity (Wildman–Crippen MR) is 103 cm³/mol. The van der Waals surface area contributed by atoms with Gasteiger partial charge in [-0.3, -0.25) is 10.1 Å². The number of nitrogens with one attached hydrogen (secondary N) is 1. The molecule has 4 nitrogen and oxygen atoms in total. The molecule has 1 unspecified atom stereocenters. The van der Waals surface area contributed by atoms with Crippen molar-refractivity contribution in [3.05, 3.63) is 58.6 Å². The topological polar surface area (TPSA) is 35.6 Å². The number of halogens is 1. The first kappa shape index (κ1) is 17.0. The Morgan fingerprint density at radius 1 is 1.12 bits per heavy atom. The van der Waals surface area contributed by atoms with Gasteiger partial charge in [0, 0.05) is 17.1 Å². The lowest BCUT2D eigenvalue weighted by molar-refractivity contribution is 0.0996. The average molecular weight is 388 g/mol. The van der Waals surface area contributed by atoms with E-state index in [9.17, 15) is 4.79 Å². The van der Waals surface area contributed by atoms with Crippen LogP contribution in [0.4, 0.5) is 11.4 Å². The number of Topliss-reactive ketones (excluding diaryl/α,β-unsaturated/α-hetero) is 1. The Kier molecular flexibility index (Phi) is 5.21. The van der Waals surface area contributed by atoms with Crippen molar-refractivity contribution in [1.82, 2.24) is 5.32 Å². The molecule has 0 saturated heterocycles. The minimum atomic E-state index is 0.00162. The molecule has 0 spiro atoms. The normalized spacial score (nSPS) is 16.4. The van der Waals surface area contributed by atoms with Crippen LogP contribution in [0.2, 0.25) is 0 Å². The number of anilines is 2. The Balaban J connectivity index is 1.85. The van der Waals surface area contributed by atoms with Crippen LogP contribution in [0.3, 0.4) is 0 Å². The van der Waals surface area contributed by atoms with Gasteiger partial charge in [-0.2, -0.15) is 0 Å². The Morgan fingerprint density at radius 3 is 2.46 bits per heavy atom. The molecular formula is C19H22BrN3O. The molecule has 0 saturated carbocycles. The summed E-state index contributed by atoms with van der Waals surface area (Å²) < 4.78 is 0.979. The molecule has 0 aliphatic carbocycles. The summed E-state index contributed by atoms with van der Waals surface area (Å²) in [6.07, 6.45) is 1.05. The zero-order valence-electron chi connectivity index (χ0n) is 14.0. The van der Waals surface area contributed by atoms with Crippen molar-refractivity contribution in [2.24, 2.45) is 0 Å². The Morgan fingerprint density at radius 2 is 1.79 bits per heavy atom. The highest BCUT2D eigenvalue weighted by atomic mass is 79.9. The molecule has 2 aromatic rings. The van der Waals surface area contributed by atoms with Crippen LogP contribution in [0, 0.1) is 0 Å². The van der Waals surface area contributed by atoms with E-state index in [0.717, 1.165) is 34.4 Å². The molecule has 0 amide bonds. The molecule has 1 aliphatic rings. The summed E-state index contributed by atoms with van der Waals surface area (Å²) in [5, 5.41) is 3.54. The van der Waals surface area contributed by atoms with Crippen molar-refractivity contribution in [1.29, 1.82) is 0 Å². The van der Waals surface area contributed by atoms with Gasteiger partial charge >= 0.3 is 0 Å². The lowest BCUT2D eigenvalue weighted by Crippen LogP contribution is -2.53. The first-order chi connectivity index (χ1) is 11.6. The number of benzene rings is 2. The second kappa shape index (κ2) is 7.36. The fourth-order valence-electron chi connectivity index (χ4n) is 3.05. The number of nitrogens with zero attached hydrogens (tertiary/aromatic N) is 2. The van der Waals surface area contributed by atoms with Gasteiger partial charge in [-0.1, -0.05) is 47.1 Å². The standard InChI is InChI=1S/C19H22BrN3O/c1-3-12-21-19-22(2)16-6-4-5-7-17(16)23(19)13-18(24)14-8-10-15(20)11-9-14/h4-11,19,21H,3,12-13H2,1-2H3. The average Bonchev–Trinajstić information content (AvgIpc) is 2.86. The number of hydrogen-bond donors (Lipinski definition) is 1. The summed E-state index contributed by atoms with van der Waals surface area (Å²) in [5.41, 5.74) is 2.98. The molecule has 5 heteroatoms. The highest BCUT2D eigenvalue weighted by Crippen LogP contribution is 2.37. The van der Waals surface area contributed by atoms with Crippen molar-refractivity contribution < 1.29 is 4.79 Å². The molecule has 2 aromatic carbocycles. The fraction of sp³-hybridized carbons (Fsp3) is 0.316. The lowest BCUT2D eigenvalue weighted by atomic mass is 10.1. The van der Waals surface area contributed by atoms with Gasteiger partial charge in [0.15, 0.2) is 12.1 Å². The van der Waals surface area contributed by atoms with Gasteiger partial charge in [0.1, 0.15) is 0 Å². The van der Waals surface area contributed by atoms with Crippen LogP contribution >= 0.6 is 15.9 Å². The van der Waals surface area contributed by atoms with Crippen molar-refractivity contribution >= 4 is 33.1 Å². The zero-order valence-corrected chi connectivity index (χ0v) is 15.6. The molecule has 1 atom stereocenters.